The molecule has 144 valence electrons. The number of carbonyl (C=O) groups excluding carboxylic acids is 1. The maximum atomic E-state index is 13.9. The predicted octanol–water partition coefficient (Wildman–Crippen LogP) is 3.50. The highest BCUT2D eigenvalue weighted by atomic mass is 19.1. The van der Waals surface area contributed by atoms with E-state index in [1.54, 1.807) is 42.3 Å². The molecule has 2 N–H and O–H groups in total. The van der Waals surface area contributed by atoms with Crippen molar-refractivity contribution in [2.75, 3.05) is 20.3 Å². The number of rotatable bonds is 6. The van der Waals surface area contributed by atoms with Crippen molar-refractivity contribution in [1.29, 1.82) is 0 Å². The zero-order chi connectivity index (χ0) is 19.7. The van der Waals surface area contributed by atoms with Crippen molar-refractivity contribution >= 4 is 5.91 Å². The van der Waals surface area contributed by atoms with E-state index in [1.165, 1.54) is 12.1 Å². The summed E-state index contributed by atoms with van der Waals surface area (Å²) in [7, 11) is 1.62. The van der Waals surface area contributed by atoms with Crippen LogP contribution in [0.2, 0.25) is 0 Å². The van der Waals surface area contributed by atoms with Gasteiger partial charge >= 0.3 is 0 Å². The van der Waals surface area contributed by atoms with Gasteiger partial charge in [0.1, 0.15) is 17.3 Å². The molecule has 1 amide bonds. The second-order valence-electron chi connectivity index (χ2n) is 6.71. The van der Waals surface area contributed by atoms with Crippen molar-refractivity contribution in [3.05, 3.63) is 71.2 Å². The van der Waals surface area contributed by atoms with E-state index in [4.69, 9.17) is 4.74 Å². The number of benzene rings is 2. The van der Waals surface area contributed by atoms with Gasteiger partial charge < -0.3 is 14.7 Å². The number of nitrogens with zero attached hydrogens (tertiary/aromatic N) is 2. The molecule has 1 aromatic heterocycles. The van der Waals surface area contributed by atoms with E-state index in [1.807, 2.05) is 6.07 Å². The van der Waals surface area contributed by atoms with Gasteiger partial charge in [-0.1, -0.05) is 12.1 Å². The van der Waals surface area contributed by atoms with Gasteiger partial charge in [-0.15, -0.1) is 0 Å². The smallest absolute Gasteiger partial charge is 0.273 e. The maximum Gasteiger partial charge on any atom is 0.273 e. The lowest BCUT2D eigenvalue weighted by molar-refractivity contribution is 0.0723. The van der Waals surface area contributed by atoms with Gasteiger partial charge in [0.25, 0.3) is 5.91 Å². The number of aromatic amines is 1. The number of methoxy groups -OCH3 is 1. The highest BCUT2D eigenvalue weighted by Crippen LogP contribution is 2.43. The minimum absolute atomic E-state index is 0.148. The van der Waals surface area contributed by atoms with Crippen LogP contribution in [0.1, 0.15) is 34.1 Å². The summed E-state index contributed by atoms with van der Waals surface area (Å²) in [5.41, 5.74) is 3.20. The lowest BCUT2D eigenvalue weighted by Crippen LogP contribution is -2.31. The fourth-order valence-corrected chi connectivity index (χ4v) is 3.67. The first kappa shape index (κ1) is 18.2. The number of fused-ring (bicyclic) bond motifs is 1. The van der Waals surface area contributed by atoms with E-state index in [-0.39, 0.29) is 17.5 Å². The number of aromatic nitrogens is 2. The number of nitrogens with one attached hydrogen (secondary N) is 1. The molecule has 0 radical (unpaired) electrons. The topological polar surface area (TPSA) is 78.5 Å². The van der Waals surface area contributed by atoms with Crippen LogP contribution in [-0.2, 0) is 4.74 Å². The lowest BCUT2D eigenvalue weighted by Gasteiger charge is -2.26. The van der Waals surface area contributed by atoms with Crippen LogP contribution in [0.15, 0.2) is 48.5 Å². The van der Waals surface area contributed by atoms with Gasteiger partial charge in [0.2, 0.25) is 0 Å². The van der Waals surface area contributed by atoms with E-state index in [2.05, 4.69) is 10.2 Å². The molecule has 7 heteroatoms. The van der Waals surface area contributed by atoms with Crippen LogP contribution in [0.25, 0.3) is 11.3 Å². The van der Waals surface area contributed by atoms with Crippen LogP contribution in [0.3, 0.4) is 0 Å². The van der Waals surface area contributed by atoms with Crippen LogP contribution >= 0.6 is 0 Å². The zero-order valence-electron chi connectivity index (χ0n) is 15.4. The maximum absolute atomic E-state index is 13.9. The summed E-state index contributed by atoms with van der Waals surface area (Å²) in [5, 5.41) is 16.8. The van der Waals surface area contributed by atoms with Crippen molar-refractivity contribution < 1.29 is 19.0 Å². The van der Waals surface area contributed by atoms with E-state index < -0.39 is 6.04 Å². The Morgan fingerprint density at radius 1 is 1.25 bits per heavy atom. The van der Waals surface area contributed by atoms with Crippen molar-refractivity contribution in [3.63, 3.8) is 0 Å². The van der Waals surface area contributed by atoms with Gasteiger partial charge in [0.05, 0.1) is 11.7 Å². The monoisotopic (exact) mass is 381 g/mol. The third kappa shape index (κ3) is 3.14. The second-order valence-corrected chi connectivity index (χ2v) is 6.71. The van der Waals surface area contributed by atoms with Crippen LogP contribution in [0.5, 0.6) is 5.75 Å². The van der Waals surface area contributed by atoms with Gasteiger partial charge in [-0.2, -0.15) is 5.10 Å². The molecule has 2 heterocycles. The van der Waals surface area contributed by atoms with Crippen LogP contribution in [0, 0.1) is 5.82 Å². The molecule has 1 aliphatic heterocycles. The summed E-state index contributed by atoms with van der Waals surface area (Å²) < 4.78 is 19.1. The first-order chi connectivity index (χ1) is 13.6. The fraction of sp³-hybridized carbons (Fsp3) is 0.238. The average molecular weight is 381 g/mol. The summed E-state index contributed by atoms with van der Waals surface area (Å²) in [4.78, 5) is 14.8. The first-order valence-corrected chi connectivity index (χ1v) is 9.03. The number of aromatic hydroxyl groups is 1. The fourth-order valence-electron chi connectivity index (χ4n) is 3.67. The van der Waals surface area contributed by atoms with E-state index in [0.29, 0.717) is 36.5 Å². The molecule has 0 saturated carbocycles. The van der Waals surface area contributed by atoms with E-state index in [0.717, 1.165) is 11.1 Å². The van der Waals surface area contributed by atoms with Crippen LogP contribution < -0.4 is 0 Å². The summed E-state index contributed by atoms with van der Waals surface area (Å²) in [6.07, 6.45) is 0.667. The van der Waals surface area contributed by atoms with Gasteiger partial charge in [0.15, 0.2) is 0 Å². The lowest BCUT2D eigenvalue weighted by atomic mass is 9.96. The molecule has 3 aromatic rings. The number of hydrogen-bond acceptors (Lipinski definition) is 4. The average Bonchev–Trinajstić information content (AvgIpc) is 3.22. The number of ether oxygens (including phenoxy) is 1. The quantitative estimate of drug-likeness (QED) is 0.641. The Bertz CT molecular complexity index is 1000. The van der Waals surface area contributed by atoms with Gasteiger partial charge in [-0.25, -0.2) is 4.39 Å². The number of phenols is 1. The molecule has 28 heavy (non-hydrogen) atoms. The van der Waals surface area contributed by atoms with Gasteiger partial charge in [-0.05, 0) is 48.4 Å². The Morgan fingerprint density at radius 2 is 2.04 bits per heavy atom. The SMILES string of the molecule is COCCCN1C(=O)c2[nH]nc(-c3ccc(O)cc3)c2C1c1cccc(F)c1. The molecule has 1 aliphatic rings. The summed E-state index contributed by atoms with van der Waals surface area (Å²) >= 11 is 0. The number of carbonyl (C=O) groups is 1. The Kier molecular flexibility index (Phi) is 4.83. The van der Waals surface area contributed by atoms with Gasteiger partial charge in [-0.3, -0.25) is 9.89 Å². The number of H-pyrrole nitrogens is 1. The molecular formula is C21H20FN3O3. The molecule has 0 aliphatic carbocycles. The molecule has 0 spiro atoms. The second kappa shape index (κ2) is 7.44. The largest absolute Gasteiger partial charge is 0.508 e. The number of hydrogen-bond donors (Lipinski definition) is 2. The Balaban J connectivity index is 1.82. The standard InChI is InChI=1S/C21H20FN3O3/c1-28-11-3-10-25-20(14-4-2-5-15(22)12-14)17-18(23-24-19(17)21(25)27)13-6-8-16(26)9-7-13/h2,4-9,12,20,26H,3,10-11H2,1H3,(H,23,24). The molecule has 2 aromatic carbocycles. The highest BCUT2D eigenvalue weighted by Gasteiger charge is 2.41. The zero-order valence-corrected chi connectivity index (χ0v) is 15.4. The highest BCUT2D eigenvalue weighted by molar-refractivity contribution is 6.00. The minimum atomic E-state index is -0.447. The van der Waals surface area contributed by atoms with E-state index in [9.17, 15) is 14.3 Å². The normalized spacial score (nSPS) is 15.9. The van der Waals surface area contributed by atoms with Crippen molar-refractivity contribution in [2.45, 2.75) is 12.5 Å². The molecule has 1 unspecified atom stereocenters. The molecule has 6 nitrogen and oxygen atoms in total. The molecule has 1 atom stereocenters. The Hall–Kier alpha value is -3.19. The van der Waals surface area contributed by atoms with E-state index >= 15 is 0 Å². The Morgan fingerprint density at radius 3 is 2.75 bits per heavy atom. The third-order valence-electron chi connectivity index (χ3n) is 4.92. The summed E-state index contributed by atoms with van der Waals surface area (Å²) in [6.45, 7) is 1.00. The minimum Gasteiger partial charge on any atom is -0.508 e. The Labute approximate surface area is 161 Å². The van der Waals surface area contributed by atoms with Crippen LogP contribution in [0.4, 0.5) is 4.39 Å². The number of halogens is 1. The third-order valence-corrected chi connectivity index (χ3v) is 4.92. The van der Waals surface area contributed by atoms with Gasteiger partial charge in [0, 0.05) is 31.4 Å². The molecular weight excluding hydrogens is 361 g/mol. The molecule has 4 rings (SSSR count). The number of phenolic OH excluding ortho intramolecular Hbond substituents is 1. The number of amides is 1. The molecule has 0 fully saturated rings. The molecule has 0 bridgehead atoms. The first-order valence-electron chi connectivity index (χ1n) is 9.03. The summed E-state index contributed by atoms with van der Waals surface area (Å²) in [6, 6.07) is 12.5. The van der Waals surface area contributed by atoms with Crippen molar-refractivity contribution in [3.8, 4) is 17.0 Å². The van der Waals surface area contributed by atoms with Crippen molar-refractivity contribution in [1.82, 2.24) is 15.1 Å². The van der Waals surface area contributed by atoms with Crippen molar-refractivity contribution in [2.24, 2.45) is 0 Å². The predicted molar refractivity (Wildman–Crippen MR) is 101 cm³/mol. The summed E-state index contributed by atoms with van der Waals surface area (Å²) in [5.74, 6) is -0.377. The molecule has 0 saturated heterocycles. The van der Waals surface area contributed by atoms with Crippen LogP contribution in [-0.4, -0.2) is 46.4 Å².